The third kappa shape index (κ3) is 3.93. The van der Waals surface area contributed by atoms with Gasteiger partial charge in [0, 0.05) is 35.7 Å². The van der Waals surface area contributed by atoms with Gasteiger partial charge in [0.05, 0.1) is 10.5 Å². The quantitative estimate of drug-likeness (QED) is 0.704. The summed E-state index contributed by atoms with van der Waals surface area (Å²) in [5.74, 6) is -1.06. The molecule has 1 saturated heterocycles. The average molecular weight is 462 g/mol. The summed E-state index contributed by atoms with van der Waals surface area (Å²) >= 11 is 8.95. The van der Waals surface area contributed by atoms with Crippen LogP contribution >= 0.6 is 27.5 Å². The lowest BCUT2D eigenvalue weighted by molar-refractivity contribution is 0.0693. The molecule has 0 saturated carbocycles. The number of hydrogen-bond acceptors (Lipinski definition) is 3. The van der Waals surface area contributed by atoms with E-state index in [1.165, 1.54) is 45.6 Å². The maximum Gasteiger partial charge on any atom is 0.256 e. The van der Waals surface area contributed by atoms with E-state index in [0.29, 0.717) is 9.50 Å². The summed E-state index contributed by atoms with van der Waals surface area (Å²) in [5, 5.41) is 0.455. The fourth-order valence-electron chi connectivity index (χ4n) is 2.72. The second kappa shape index (κ2) is 7.64. The van der Waals surface area contributed by atoms with E-state index in [9.17, 15) is 17.6 Å². The largest absolute Gasteiger partial charge is 0.336 e. The lowest BCUT2D eigenvalue weighted by atomic mass is 10.1. The molecule has 2 aromatic carbocycles. The zero-order valence-corrected chi connectivity index (χ0v) is 16.7. The average Bonchev–Trinajstić information content (AvgIpc) is 2.62. The summed E-state index contributed by atoms with van der Waals surface area (Å²) in [5.41, 5.74) is -0.0257. The van der Waals surface area contributed by atoms with Gasteiger partial charge in [0.25, 0.3) is 5.91 Å². The Kier molecular flexibility index (Phi) is 5.67. The molecule has 3 rings (SSSR count). The standard InChI is InChI=1S/C17H15BrClFN2O3S/c18-12-1-6-15(16(20)11-12)17(23)21-7-9-22(10-8-21)26(24,25)14-4-2-13(19)3-5-14/h1-6,11H,7-10H2. The van der Waals surface area contributed by atoms with Crippen LogP contribution in [0.5, 0.6) is 0 Å². The molecule has 1 fully saturated rings. The van der Waals surface area contributed by atoms with Crippen molar-refractivity contribution in [2.75, 3.05) is 26.2 Å². The third-order valence-electron chi connectivity index (χ3n) is 4.14. The van der Waals surface area contributed by atoms with Gasteiger partial charge in [-0.2, -0.15) is 4.31 Å². The monoisotopic (exact) mass is 460 g/mol. The number of rotatable bonds is 3. The predicted molar refractivity (Wildman–Crippen MR) is 100 cm³/mol. The highest BCUT2D eigenvalue weighted by molar-refractivity contribution is 9.10. The van der Waals surface area contributed by atoms with Crippen LogP contribution in [0.15, 0.2) is 51.8 Å². The van der Waals surface area contributed by atoms with Gasteiger partial charge in [-0.25, -0.2) is 12.8 Å². The molecule has 1 aliphatic rings. The van der Waals surface area contributed by atoms with Crippen molar-refractivity contribution in [3.63, 3.8) is 0 Å². The Morgan fingerprint density at radius 2 is 1.65 bits per heavy atom. The summed E-state index contributed by atoms with van der Waals surface area (Å²) < 4.78 is 41.1. The van der Waals surface area contributed by atoms with Crippen LogP contribution in [0, 0.1) is 5.82 Å². The minimum Gasteiger partial charge on any atom is -0.336 e. The molecule has 0 unspecified atom stereocenters. The minimum absolute atomic E-state index is 0.0257. The highest BCUT2D eigenvalue weighted by Crippen LogP contribution is 2.21. The van der Waals surface area contributed by atoms with Crippen LogP contribution in [0.2, 0.25) is 5.02 Å². The van der Waals surface area contributed by atoms with E-state index in [2.05, 4.69) is 15.9 Å². The Hall–Kier alpha value is -1.48. The van der Waals surface area contributed by atoms with Crippen LogP contribution in [-0.2, 0) is 10.0 Å². The van der Waals surface area contributed by atoms with E-state index >= 15 is 0 Å². The SMILES string of the molecule is O=C(c1ccc(Br)cc1F)N1CCN(S(=O)(=O)c2ccc(Cl)cc2)CC1. The van der Waals surface area contributed by atoms with Gasteiger partial charge in [-0.15, -0.1) is 0 Å². The van der Waals surface area contributed by atoms with Gasteiger partial charge in [-0.1, -0.05) is 27.5 Å². The van der Waals surface area contributed by atoms with E-state index in [-0.39, 0.29) is 36.6 Å². The number of nitrogens with zero attached hydrogens (tertiary/aromatic N) is 2. The first-order valence-electron chi connectivity index (χ1n) is 7.79. The lowest BCUT2D eigenvalue weighted by Crippen LogP contribution is -2.50. The second-order valence-corrected chi connectivity index (χ2v) is 9.06. The normalized spacial score (nSPS) is 15.9. The van der Waals surface area contributed by atoms with E-state index in [0.717, 1.165) is 0 Å². The van der Waals surface area contributed by atoms with E-state index in [1.54, 1.807) is 6.07 Å². The number of carbonyl (C=O) groups is 1. The van der Waals surface area contributed by atoms with Crippen molar-refractivity contribution in [2.24, 2.45) is 0 Å². The zero-order chi connectivity index (χ0) is 18.9. The van der Waals surface area contributed by atoms with E-state index < -0.39 is 21.7 Å². The molecule has 0 N–H and O–H groups in total. The predicted octanol–water partition coefficient (Wildman–Crippen LogP) is 3.39. The molecule has 9 heteroatoms. The van der Waals surface area contributed by atoms with Crippen LogP contribution in [0.4, 0.5) is 4.39 Å². The first-order valence-corrected chi connectivity index (χ1v) is 10.4. The summed E-state index contributed by atoms with van der Waals surface area (Å²) in [6, 6.07) is 10.2. The Labute approximate surface area is 164 Å². The van der Waals surface area contributed by atoms with Crippen molar-refractivity contribution in [3.05, 3.63) is 63.3 Å². The molecular weight excluding hydrogens is 447 g/mol. The number of sulfonamides is 1. The van der Waals surface area contributed by atoms with Crippen molar-refractivity contribution in [1.82, 2.24) is 9.21 Å². The first-order chi connectivity index (χ1) is 12.3. The molecule has 2 aromatic rings. The summed E-state index contributed by atoms with van der Waals surface area (Å²) in [7, 11) is -3.65. The Morgan fingerprint density at radius 3 is 2.23 bits per heavy atom. The molecular formula is C17H15BrClFN2O3S. The Morgan fingerprint density at radius 1 is 1.04 bits per heavy atom. The molecule has 1 amide bonds. The van der Waals surface area contributed by atoms with Gasteiger partial charge < -0.3 is 4.90 Å². The van der Waals surface area contributed by atoms with E-state index in [1.807, 2.05) is 0 Å². The Balaban J connectivity index is 1.70. The van der Waals surface area contributed by atoms with Crippen LogP contribution in [-0.4, -0.2) is 49.7 Å². The number of benzene rings is 2. The molecule has 0 aromatic heterocycles. The number of hydrogen-bond donors (Lipinski definition) is 0. The van der Waals surface area contributed by atoms with Gasteiger partial charge in [0.2, 0.25) is 10.0 Å². The molecule has 0 atom stereocenters. The Bertz CT molecular complexity index is 930. The maximum absolute atomic E-state index is 14.0. The molecule has 0 radical (unpaired) electrons. The van der Waals surface area contributed by atoms with Gasteiger partial charge in [-0.05, 0) is 42.5 Å². The van der Waals surface area contributed by atoms with E-state index in [4.69, 9.17) is 11.6 Å². The molecule has 138 valence electrons. The van der Waals surface area contributed by atoms with Crippen molar-refractivity contribution in [1.29, 1.82) is 0 Å². The topological polar surface area (TPSA) is 57.7 Å². The van der Waals surface area contributed by atoms with Crippen LogP contribution in [0.25, 0.3) is 0 Å². The van der Waals surface area contributed by atoms with Gasteiger partial charge in [0.15, 0.2) is 0 Å². The van der Waals surface area contributed by atoms with Crippen LogP contribution in [0.3, 0.4) is 0 Å². The smallest absolute Gasteiger partial charge is 0.256 e. The third-order valence-corrected chi connectivity index (χ3v) is 6.80. The number of halogens is 3. The number of carbonyl (C=O) groups excluding carboxylic acids is 1. The molecule has 26 heavy (non-hydrogen) atoms. The molecule has 0 aliphatic carbocycles. The number of piperazine rings is 1. The first kappa shape index (κ1) is 19.3. The highest BCUT2D eigenvalue weighted by Gasteiger charge is 2.31. The van der Waals surface area contributed by atoms with Crippen molar-refractivity contribution in [2.45, 2.75) is 4.90 Å². The van der Waals surface area contributed by atoms with Crippen LogP contribution in [0.1, 0.15) is 10.4 Å². The van der Waals surface area contributed by atoms with Crippen molar-refractivity contribution < 1.29 is 17.6 Å². The summed E-state index contributed by atoms with van der Waals surface area (Å²) in [6.07, 6.45) is 0. The number of amides is 1. The van der Waals surface area contributed by atoms with Crippen molar-refractivity contribution in [3.8, 4) is 0 Å². The fraction of sp³-hybridized carbons (Fsp3) is 0.235. The zero-order valence-electron chi connectivity index (χ0n) is 13.5. The van der Waals surface area contributed by atoms with Gasteiger partial charge >= 0.3 is 0 Å². The van der Waals surface area contributed by atoms with Gasteiger partial charge in [-0.3, -0.25) is 4.79 Å². The maximum atomic E-state index is 14.0. The summed E-state index contributed by atoms with van der Waals surface area (Å²) in [6.45, 7) is 0.687. The minimum atomic E-state index is -3.65. The van der Waals surface area contributed by atoms with Gasteiger partial charge in [0.1, 0.15) is 5.82 Å². The molecule has 0 spiro atoms. The molecule has 1 aliphatic heterocycles. The molecule has 1 heterocycles. The van der Waals surface area contributed by atoms with Crippen molar-refractivity contribution >= 4 is 43.5 Å². The molecule has 0 bridgehead atoms. The molecule has 5 nitrogen and oxygen atoms in total. The summed E-state index contributed by atoms with van der Waals surface area (Å²) in [4.78, 5) is 14.1. The van der Waals surface area contributed by atoms with Crippen LogP contribution < -0.4 is 0 Å². The fourth-order valence-corrected chi connectivity index (χ4v) is 4.60. The highest BCUT2D eigenvalue weighted by atomic mass is 79.9. The second-order valence-electron chi connectivity index (χ2n) is 5.77. The lowest BCUT2D eigenvalue weighted by Gasteiger charge is -2.34.